The van der Waals surface area contributed by atoms with Crippen LogP contribution in [0.5, 0.6) is 0 Å². The average molecular weight is 423 g/mol. The second kappa shape index (κ2) is 8.62. The van der Waals surface area contributed by atoms with Crippen LogP contribution in [0.15, 0.2) is 30.5 Å². The van der Waals surface area contributed by atoms with Gasteiger partial charge in [0.2, 0.25) is 0 Å². The number of methoxy groups -OCH3 is 1. The topological polar surface area (TPSA) is 51.7 Å². The number of carbonyl (C=O) groups excluding carboxylic acids is 1. The summed E-state index contributed by atoms with van der Waals surface area (Å²) in [6.45, 7) is 10.1. The van der Waals surface area contributed by atoms with E-state index in [2.05, 4.69) is 25.1 Å². The number of carbonyl (C=O) groups is 1. The predicted molar refractivity (Wildman–Crippen MR) is 123 cm³/mol. The van der Waals surface area contributed by atoms with Crippen molar-refractivity contribution in [2.24, 2.45) is 0 Å². The summed E-state index contributed by atoms with van der Waals surface area (Å²) in [4.78, 5) is 19.6. The van der Waals surface area contributed by atoms with Crippen molar-refractivity contribution in [1.29, 1.82) is 0 Å². The van der Waals surface area contributed by atoms with Gasteiger partial charge in [-0.3, -0.25) is 4.98 Å². The second-order valence-corrected chi connectivity index (χ2v) is 9.77. The van der Waals surface area contributed by atoms with Crippen molar-refractivity contribution >= 4 is 6.09 Å². The van der Waals surface area contributed by atoms with Gasteiger partial charge in [-0.15, -0.1) is 0 Å². The molecule has 0 unspecified atom stereocenters. The smallest absolute Gasteiger partial charge is 0.410 e. The Morgan fingerprint density at radius 1 is 1.19 bits per heavy atom. The Kier molecular flexibility index (Phi) is 6.07. The summed E-state index contributed by atoms with van der Waals surface area (Å²) in [7, 11) is 1.75. The Hall–Kier alpha value is -2.40. The van der Waals surface area contributed by atoms with Crippen molar-refractivity contribution in [2.45, 2.75) is 64.4 Å². The lowest BCUT2D eigenvalue weighted by atomic mass is 9.70. The number of hydrogen-bond acceptors (Lipinski definition) is 4. The van der Waals surface area contributed by atoms with Crippen LogP contribution in [0.4, 0.5) is 4.79 Å². The number of pyridine rings is 1. The number of rotatable bonds is 4. The van der Waals surface area contributed by atoms with Gasteiger partial charge in [0.1, 0.15) is 5.60 Å². The molecule has 0 spiro atoms. The summed E-state index contributed by atoms with van der Waals surface area (Å²) in [5, 5.41) is 0. The summed E-state index contributed by atoms with van der Waals surface area (Å²) < 4.78 is 11.0. The lowest BCUT2D eigenvalue weighted by molar-refractivity contribution is 0.0183. The van der Waals surface area contributed by atoms with Crippen molar-refractivity contribution in [3.8, 4) is 11.3 Å². The largest absolute Gasteiger partial charge is 0.444 e. The maximum Gasteiger partial charge on any atom is 0.410 e. The Balaban J connectivity index is 1.76. The Bertz CT molecular complexity index is 964. The minimum Gasteiger partial charge on any atom is -0.444 e. The molecule has 5 nitrogen and oxygen atoms in total. The SMILES string of the molecule is COCCCc1c2ccc(c1C)-c1ncccc1[C@H]1CCN(C(=O)OC(C)(C)C)C[C@H]21. The van der Waals surface area contributed by atoms with Crippen LogP contribution in [0.3, 0.4) is 0 Å². The molecule has 1 aromatic heterocycles. The number of piperidine rings is 1. The summed E-state index contributed by atoms with van der Waals surface area (Å²) in [5.41, 5.74) is 7.22. The summed E-state index contributed by atoms with van der Waals surface area (Å²) >= 11 is 0. The molecule has 0 N–H and O–H groups in total. The molecule has 1 saturated heterocycles. The van der Waals surface area contributed by atoms with Gasteiger partial charge in [-0.05, 0) is 81.2 Å². The molecule has 166 valence electrons. The second-order valence-electron chi connectivity index (χ2n) is 9.77. The van der Waals surface area contributed by atoms with Gasteiger partial charge in [0.05, 0.1) is 5.69 Å². The molecule has 2 bridgehead atoms. The molecule has 2 atom stereocenters. The van der Waals surface area contributed by atoms with E-state index in [0.29, 0.717) is 19.0 Å². The highest BCUT2D eigenvalue weighted by Crippen LogP contribution is 2.48. The van der Waals surface area contributed by atoms with Crippen LogP contribution in [0, 0.1) is 6.92 Å². The van der Waals surface area contributed by atoms with E-state index < -0.39 is 5.60 Å². The molecule has 3 aliphatic rings. The number of likely N-dealkylation sites (tertiary alicyclic amines) is 1. The number of fused-ring (bicyclic) bond motifs is 2. The molecule has 1 aliphatic heterocycles. The van der Waals surface area contributed by atoms with Gasteiger partial charge in [-0.1, -0.05) is 18.2 Å². The van der Waals surface area contributed by atoms with E-state index >= 15 is 0 Å². The third-order valence-corrected chi connectivity index (χ3v) is 6.57. The van der Waals surface area contributed by atoms with Crippen molar-refractivity contribution in [3.63, 3.8) is 0 Å². The number of ether oxygens (including phenoxy) is 2. The van der Waals surface area contributed by atoms with Gasteiger partial charge in [0.15, 0.2) is 0 Å². The van der Waals surface area contributed by atoms with Crippen LogP contribution in [-0.4, -0.2) is 48.4 Å². The van der Waals surface area contributed by atoms with Crippen molar-refractivity contribution < 1.29 is 14.3 Å². The molecule has 0 radical (unpaired) electrons. The molecule has 0 saturated carbocycles. The van der Waals surface area contributed by atoms with Gasteiger partial charge >= 0.3 is 6.09 Å². The summed E-state index contributed by atoms with van der Waals surface area (Å²) in [6.07, 6.45) is 4.55. The molecule has 31 heavy (non-hydrogen) atoms. The van der Waals surface area contributed by atoms with Crippen LogP contribution in [0.1, 0.15) is 67.7 Å². The fourth-order valence-corrected chi connectivity index (χ4v) is 5.18. The van der Waals surface area contributed by atoms with Crippen LogP contribution in [0.25, 0.3) is 11.3 Å². The first-order chi connectivity index (χ1) is 14.8. The van der Waals surface area contributed by atoms with Crippen molar-refractivity contribution in [3.05, 3.63) is 52.7 Å². The molecule has 5 heteroatoms. The van der Waals surface area contributed by atoms with E-state index in [9.17, 15) is 4.79 Å². The molecule has 1 amide bonds. The van der Waals surface area contributed by atoms with Gasteiger partial charge in [-0.2, -0.15) is 0 Å². The molecule has 2 aliphatic carbocycles. The van der Waals surface area contributed by atoms with E-state index in [1.807, 2.05) is 37.9 Å². The van der Waals surface area contributed by atoms with Gasteiger partial charge in [0.25, 0.3) is 0 Å². The van der Waals surface area contributed by atoms with Crippen LogP contribution >= 0.6 is 0 Å². The standard InChI is InChI=1S/C26H34N2O3/c1-17-18(9-7-15-30-5)20-11-10-19(17)24-22(8-6-13-27-24)21-12-14-28(16-23(20)21)25(29)31-26(2,3)4/h6,8,10-11,13,21,23H,7,9,12,14-16H2,1-5H3/t21-,23-/m1/s1. The summed E-state index contributed by atoms with van der Waals surface area (Å²) in [6, 6.07) is 8.76. The zero-order valence-electron chi connectivity index (χ0n) is 19.4. The maximum absolute atomic E-state index is 12.9. The Labute approximate surface area is 185 Å². The number of benzene rings is 1. The fraction of sp³-hybridized carbons (Fsp3) is 0.538. The summed E-state index contributed by atoms with van der Waals surface area (Å²) in [5.74, 6) is 0.581. The fourth-order valence-electron chi connectivity index (χ4n) is 5.18. The quantitative estimate of drug-likeness (QED) is 0.614. The highest BCUT2D eigenvalue weighted by atomic mass is 16.6. The zero-order valence-corrected chi connectivity index (χ0v) is 19.4. The third-order valence-electron chi connectivity index (χ3n) is 6.57. The normalized spacial score (nSPS) is 20.0. The molecule has 2 aromatic rings. The van der Waals surface area contributed by atoms with Crippen LogP contribution < -0.4 is 0 Å². The predicted octanol–water partition coefficient (Wildman–Crippen LogP) is 5.46. The van der Waals surface area contributed by atoms with Gasteiger partial charge in [0, 0.05) is 44.5 Å². The van der Waals surface area contributed by atoms with E-state index in [-0.39, 0.29) is 12.0 Å². The molecule has 1 fully saturated rings. The van der Waals surface area contributed by atoms with E-state index in [1.165, 1.54) is 27.8 Å². The van der Waals surface area contributed by atoms with Crippen LogP contribution in [0.2, 0.25) is 0 Å². The first-order valence-corrected chi connectivity index (χ1v) is 11.3. The van der Waals surface area contributed by atoms with Gasteiger partial charge in [-0.25, -0.2) is 4.79 Å². The van der Waals surface area contributed by atoms with E-state index in [4.69, 9.17) is 14.5 Å². The molecular formula is C26H34N2O3. The minimum absolute atomic E-state index is 0.214. The third kappa shape index (κ3) is 4.33. The number of amides is 1. The molecular weight excluding hydrogens is 388 g/mol. The maximum atomic E-state index is 12.9. The number of nitrogens with zero attached hydrogens (tertiary/aromatic N) is 2. The highest BCUT2D eigenvalue weighted by molar-refractivity contribution is 5.73. The van der Waals surface area contributed by atoms with Crippen LogP contribution in [-0.2, 0) is 15.9 Å². The monoisotopic (exact) mass is 422 g/mol. The molecule has 1 aromatic carbocycles. The number of aromatic nitrogens is 1. The first kappa shape index (κ1) is 21.8. The first-order valence-electron chi connectivity index (χ1n) is 11.3. The average Bonchev–Trinajstić information content (AvgIpc) is 2.72. The highest BCUT2D eigenvalue weighted by Gasteiger charge is 2.39. The lowest BCUT2D eigenvalue weighted by Crippen LogP contribution is -2.45. The molecule has 5 rings (SSSR count). The van der Waals surface area contributed by atoms with E-state index in [0.717, 1.165) is 31.6 Å². The zero-order chi connectivity index (χ0) is 22.2. The Morgan fingerprint density at radius 3 is 2.74 bits per heavy atom. The minimum atomic E-state index is -0.491. The van der Waals surface area contributed by atoms with Crippen molar-refractivity contribution in [2.75, 3.05) is 26.8 Å². The number of hydrogen-bond donors (Lipinski definition) is 0. The van der Waals surface area contributed by atoms with E-state index in [1.54, 1.807) is 7.11 Å². The Morgan fingerprint density at radius 2 is 2.00 bits per heavy atom. The lowest BCUT2D eigenvalue weighted by Gasteiger charge is -2.42. The molecule has 2 heterocycles. The van der Waals surface area contributed by atoms with Gasteiger partial charge < -0.3 is 14.4 Å². The van der Waals surface area contributed by atoms with Crippen molar-refractivity contribution in [1.82, 2.24) is 9.88 Å².